The molecule has 0 aliphatic carbocycles. The largest absolute Gasteiger partial charge is 0.451 e. The third-order valence-electron chi connectivity index (χ3n) is 5.66. The zero-order valence-corrected chi connectivity index (χ0v) is 16.7. The van der Waals surface area contributed by atoms with E-state index in [2.05, 4.69) is 36.9 Å². The van der Waals surface area contributed by atoms with Crippen molar-refractivity contribution in [1.29, 1.82) is 0 Å². The second-order valence-corrected chi connectivity index (χ2v) is 7.34. The average molecular weight is 378 g/mol. The Hall–Kier alpha value is -2.79. The molecule has 1 saturated heterocycles. The van der Waals surface area contributed by atoms with Crippen molar-refractivity contribution in [2.75, 3.05) is 38.2 Å². The number of methoxy groups -OCH3 is 1. The number of para-hydroxylation sites is 1. The minimum Gasteiger partial charge on any atom is -0.451 e. The lowest BCUT2D eigenvalue weighted by Crippen LogP contribution is -2.49. The predicted octanol–water partition coefficient (Wildman–Crippen LogP) is 4.16. The van der Waals surface area contributed by atoms with Gasteiger partial charge in [-0.3, -0.25) is 4.79 Å². The molecule has 28 heavy (non-hydrogen) atoms. The van der Waals surface area contributed by atoms with Crippen molar-refractivity contribution in [1.82, 2.24) is 4.90 Å². The summed E-state index contributed by atoms with van der Waals surface area (Å²) in [5.41, 5.74) is 5.42. The topological polar surface area (TPSA) is 45.9 Å². The van der Waals surface area contributed by atoms with Gasteiger partial charge in [0.25, 0.3) is 5.91 Å². The fourth-order valence-electron chi connectivity index (χ4n) is 3.93. The molecule has 5 heteroatoms. The van der Waals surface area contributed by atoms with Crippen LogP contribution in [-0.2, 0) is 11.3 Å². The van der Waals surface area contributed by atoms with Crippen LogP contribution in [0, 0.1) is 13.8 Å². The molecule has 0 spiro atoms. The van der Waals surface area contributed by atoms with Crippen LogP contribution in [0.2, 0.25) is 0 Å². The molecule has 3 aromatic rings. The second kappa shape index (κ2) is 7.68. The molecule has 1 aromatic heterocycles. The number of carbonyl (C=O) groups is 1. The van der Waals surface area contributed by atoms with Crippen LogP contribution in [-0.4, -0.2) is 44.1 Å². The molecule has 0 N–H and O–H groups in total. The van der Waals surface area contributed by atoms with Gasteiger partial charge in [0.15, 0.2) is 5.76 Å². The van der Waals surface area contributed by atoms with Crippen LogP contribution in [0.15, 0.2) is 46.9 Å². The first kappa shape index (κ1) is 18.6. The summed E-state index contributed by atoms with van der Waals surface area (Å²) in [7, 11) is 1.64. The maximum atomic E-state index is 13.2. The van der Waals surface area contributed by atoms with Gasteiger partial charge in [0, 0.05) is 49.9 Å². The number of hydrogen-bond donors (Lipinski definition) is 0. The van der Waals surface area contributed by atoms with Gasteiger partial charge in [0.2, 0.25) is 0 Å². The molecule has 4 rings (SSSR count). The van der Waals surface area contributed by atoms with E-state index in [9.17, 15) is 4.79 Å². The van der Waals surface area contributed by atoms with E-state index >= 15 is 0 Å². The summed E-state index contributed by atoms with van der Waals surface area (Å²) < 4.78 is 11.3. The van der Waals surface area contributed by atoms with Crippen molar-refractivity contribution in [2.24, 2.45) is 0 Å². The Morgan fingerprint density at radius 3 is 2.54 bits per heavy atom. The summed E-state index contributed by atoms with van der Waals surface area (Å²) >= 11 is 0. The van der Waals surface area contributed by atoms with Crippen LogP contribution in [0.4, 0.5) is 5.69 Å². The molecular weight excluding hydrogens is 352 g/mol. The standard InChI is InChI=1S/C23H26N2O3/c1-16-7-6-9-20(17(16)2)24-11-13-25(14-12-24)23(26)22-19(15-27-3)18-8-4-5-10-21(18)28-22/h4-10H,11-15H2,1-3H3. The number of benzene rings is 2. The summed E-state index contributed by atoms with van der Waals surface area (Å²) in [5.74, 6) is 0.354. The highest BCUT2D eigenvalue weighted by Gasteiger charge is 2.28. The molecule has 0 radical (unpaired) electrons. The van der Waals surface area contributed by atoms with Gasteiger partial charge in [-0.2, -0.15) is 0 Å². The molecule has 0 saturated carbocycles. The maximum Gasteiger partial charge on any atom is 0.290 e. The number of amides is 1. The lowest BCUT2D eigenvalue weighted by Gasteiger charge is -2.36. The Labute approximate surface area is 165 Å². The van der Waals surface area contributed by atoms with Crippen molar-refractivity contribution < 1.29 is 13.9 Å². The SMILES string of the molecule is COCc1c(C(=O)N2CCN(c3cccc(C)c3C)CC2)oc2ccccc12. The van der Waals surface area contributed by atoms with Crippen LogP contribution < -0.4 is 4.90 Å². The number of carbonyl (C=O) groups excluding carboxylic acids is 1. The molecular formula is C23H26N2O3. The number of hydrogen-bond acceptors (Lipinski definition) is 4. The van der Waals surface area contributed by atoms with Crippen molar-refractivity contribution in [2.45, 2.75) is 20.5 Å². The van der Waals surface area contributed by atoms with Crippen LogP contribution in [0.1, 0.15) is 27.2 Å². The van der Waals surface area contributed by atoms with Gasteiger partial charge in [-0.05, 0) is 37.1 Å². The number of fused-ring (bicyclic) bond motifs is 1. The minimum atomic E-state index is -0.0520. The van der Waals surface area contributed by atoms with E-state index in [0.717, 1.165) is 29.6 Å². The quantitative estimate of drug-likeness (QED) is 0.684. The number of anilines is 1. The summed E-state index contributed by atoms with van der Waals surface area (Å²) in [6.45, 7) is 7.64. The Kier molecular flexibility index (Phi) is 5.09. The van der Waals surface area contributed by atoms with Gasteiger partial charge in [0.05, 0.1) is 6.61 Å². The van der Waals surface area contributed by atoms with E-state index in [1.165, 1.54) is 16.8 Å². The zero-order chi connectivity index (χ0) is 19.7. The van der Waals surface area contributed by atoms with Gasteiger partial charge in [-0.25, -0.2) is 0 Å². The van der Waals surface area contributed by atoms with Crippen molar-refractivity contribution in [3.05, 3.63) is 64.9 Å². The van der Waals surface area contributed by atoms with E-state index < -0.39 is 0 Å². The monoisotopic (exact) mass is 378 g/mol. The normalized spacial score (nSPS) is 14.7. The molecule has 1 amide bonds. The van der Waals surface area contributed by atoms with Crippen LogP contribution in [0.25, 0.3) is 11.0 Å². The van der Waals surface area contributed by atoms with Gasteiger partial charge < -0.3 is 19.0 Å². The fourth-order valence-corrected chi connectivity index (χ4v) is 3.93. The fraction of sp³-hybridized carbons (Fsp3) is 0.348. The Bertz CT molecular complexity index is 1000. The van der Waals surface area contributed by atoms with Gasteiger partial charge in [-0.15, -0.1) is 0 Å². The molecule has 1 aliphatic heterocycles. The molecule has 0 atom stereocenters. The molecule has 146 valence electrons. The number of furan rings is 1. The molecule has 1 fully saturated rings. The van der Waals surface area contributed by atoms with Crippen molar-refractivity contribution in [3.8, 4) is 0 Å². The van der Waals surface area contributed by atoms with Gasteiger partial charge >= 0.3 is 0 Å². The van der Waals surface area contributed by atoms with E-state index in [1.54, 1.807) is 7.11 Å². The lowest BCUT2D eigenvalue weighted by molar-refractivity contribution is 0.0710. The summed E-state index contributed by atoms with van der Waals surface area (Å²) in [4.78, 5) is 17.4. The second-order valence-electron chi connectivity index (χ2n) is 7.34. The smallest absolute Gasteiger partial charge is 0.290 e. The first-order chi connectivity index (χ1) is 13.6. The predicted molar refractivity (Wildman–Crippen MR) is 111 cm³/mol. The molecule has 2 heterocycles. The maximum absolute atomic E-state index is 13.2. The van der Waals surface area contributed by atoms with Crippen LogP contribution >= 0.6 is 0 Å². The summed E-state index contributed by atoms with van der Waals surface area (Å²) in [6.07, 6.45) is 0. The summed E-state index contributed by atoms with van der Waals surface area (Å²) in [6, 6.07) is 14.1. The number of ether oxygens (including phenoxy) is 1. The van der Waals surface area contributed by atoms with E-state index in [1.807, 2.05) is 29.2 Å². The van der Waals surface area contributed by atoms with Crippen molar-refractivity contribution >= 4 is 22.6 Å². The highest BCUT2D eigenvalue weighted by Crippen LogP contribution is 2.29. The summed E-state index contributed by atoms with van der Waals surface area (Å²) in [5, 5.41) is 0.946. The zero-order valence-electron chi connectivity index (χ0n) is 16.7. The number of nitrogens with zero attached hydrogens (tertiary/aromatic N) is 2. The average Bonchev–Trinajstić information content (AvgIpc) is 3.09. The molecule has 0 unspecified atom stereocenters. The molecule has 0 bridgehead atoms. The van der Waals surface area contributed by atoms with E-state index in [-0.39, 0.29) is 5.91 Å². The number of aryl methyl sites for hydroxylation is 1. The third kappa shape index (κ3) is 3.27. The number of rotatable bonds is 4. The van der Waals surface area contributed by atoms with E-state index in [4.69, 9.17) is 9.15 Å². The highest BCUT2D eigenvalue weighted by atomic mass is 16.5. The van der Waals surface area contributed by atoms with Crippen LogP contribution in [0.3, 0.4) is 0 Å². The first-order valence-corrected chi connectivity index (χ1v) is 9.70. The molecule has 5 nitrogen and oxygen atoms in total. The van der Waals surface area contributed by atoms with Gasteiger partial charge in [-0.1, -0.05) is 30.3 Å². The minimum absolute atomic E-state index is 0.0520. The van der Waals surface area contributed by atoms with Crippen LogP contribution in [0.5, 0.6) is 0 Å². The number of piperazine rings is 1. The first-order valence-electron chi connectivity index (χ1n) is 9.70. The van der Waals surface area contributed by atoms with Crippen molar-refractivity contribution in [3.63, 3.8) is 0 Å². The Morgan fingerprint density at radius 2 is 1.79 bits per heavy atom. The Morgan fingerprint density at radius 1 is 1.04 bits per heavy atom. The third-order valence-corrected chi connectivity index (χ3v) is 5.66. The Balaban J connectivity index is 1.54. The van der Waals surface area contributed by atoms with Gasteiger partial charge in [0.1, 0.15) is 5.58 Å². The lowest BCUT2D eigenvalue weighted by atomic mass is 10.1. The van der Waals surface area contributed by atoms with E-state index in [0.29, 0.717) is 25.5 Å². The highest BCUT2D eigenvalue weighted by molar-refractivity contribution is 5.99. The molecule has 1 aliphatic rings. The molecule has 2 aromatic carbocycles.